The third kappa shape index (κ3) is 3.23. The summed E-state index contributed by atoms with van der Waals surface area (Å²) >= 11 is 5.94. The van der Waals surface area contributed by atoms with Gasteiger partial charge in [-0.3, -0.25) is 0 Å². The van der Waals surface area contributed by atoms with Crippen LogP contribution in [0.25, 0.3) is 0 Å². The van der Waals surface area contributed by atoms with E-state index in [1.54, 1.807) is 6.07 Å². The fraction of sp³-hybridized carbons (Fsp3) is 0.385. The van der Waals surface area contributed by atoms with Crippen molar-refractivity contribution in [2.75, 3.05) is 6.54 Å². The van der Waals surface area contributed by atoms with E-state index in [0.717, 1.165) is 18.5 Å². The molecule has 0 fully saturated rings. The molecule has 0 amide bonds. The Balaban J connectivity index is 2.92. The predicted octanol–water partition coefficient (Wildman–Crippen LogP) is 3.54. The van der Waals surface area contributed by atoms with E-state index < -0.39 is 0 Å². The Labute approximate surface area is 101 Å². The molecule has 1 N–H and O–H groups in total. The molecule has 0 saturated heterocycles. The zero-order valence-electron chi connectivity index (χ0n) is 9.26. The van der Waals surface area contributed by atoms with Crippen LogP contribution in [0.5, 0.6) is 0 Å². The molecular formula is C13H15ClFN. The minimum absolute atomic E-state index is 0.0178. The van der Waals surface area contributed by atoms with Crippen LogP contribution in [-0.4, -0.2) is 6.54 Å². The lowest BCUT2D eigenvalue weighted by Crippen LogP contribution is -2.21. The van der Waals surface area contributed by atoms with Crippen LogP contribution in [0.4, 0.5) is 4.39 Å². The first kappa shape index (κ1) is 13.0. The molecular weight excluding hydrogens is 225 g/mol. The zero-order chi connectivity index (χ0) is 12.0. The Bertz CT molecular complexity index is 384. The van der Waals surface area contributed by atoms with Crippen molar-refractivity contribution in [3.05, 3.63) is 34.6 Å². The average molecular weight is 240 g/mol. The summed E-state index contributed by atoms with van der Waals surface area (Å²) in [6, 6.07) is 4.87. The maximum absolute atomic E-state index is 13.3. The van der Waals surface area contributed by atoms with E-state index in [4.69, 9.17) is 18.0 Å². The van der Waals surface area contributed by atoms with E-state index in [0.29, 0.717) is 6.42 Å². The Morgan fingerprint density at radius 1 is 1.56 bits per heavy atom. The van der Waals surface area contributed by atoms with E-state index >= 15 is 0 Å². The van der Waals surface area contributed by atoms with E-state index in [1.807, 2.05) is 13.0 Å². The van der Waals surface area contributed by atoms with Crippen LogP contribution in [0, 0.1) is 18.2 Å². The molecule has 0 spiro atoms. The Morgan fingerprint density at radius 2 is 2.31 bits per heavy atom. The largest absolute Gasteiger partial charge is 0.310 e. The van der Waals surface area contributed by atoms with Gasteiger partial charge >= 0.3 is 0 Å². The van der Waals surface area contributed by atoms with E-state index in [2.05, 4.69) is 11.2 Å². The summed E-state index contributed by atoms with van der Waals surface area (Å²) in [4.78, 5) is 0. The number of nitrogens with one attached hydrogen (secondary N) is 1. The minimum Gasteiger partial charge on any atom is -0.310 e. The van der Waals surface area contributed by atoms with E-state index in [9.17, 15) is 4.39 Å². The maximum Gasteiger partial charge on any atom is 0.142 e. The van der Waals surface area contributed by atoms with Gasteiger partial charge in [-0.2, -0.15) is 0 Å². The van der Waals surface area contributed by atoms with Crippen molar-refractivity contribution >= 4 is 11.6 Å². The van der Waals surface area contributed by atoms with Gasteiger partial charge < -0.3 is 5.32 Å². The number of terminal acetylenes is 1. The number of halogens is 2. The highest BCUT2D eigenvalue weighted by molar-refractivity contribution is 6.31. The highest BCUT2D eigenvalue weighted by atomic mass is 35.5. The highest BCUT2D eigenvalue weighted by Crippen LogP contribution is 2.28. The van der Waals surface area contributed by atoms with Crippen molar-refractivity contribution in [3.8, 4) is 12.3 Å². The molecule has 0 bridgehead atoms. The summed E-state index contributed by atoms with van der Waals surface area (Å²) in [6.07, 6.45) is 6.63. The molecule has 1 aromatic rings. The van der Waals surface area contributed by atoms with Crippen LogP contribution in [0.3, 0.4) is 0 Å². The Morgan fingerprint density at radius 3 is 2.94 bits per heavy atom. The van der Waals surface area contributed by atoms with Gasteiger partial charge in [0.05, 0.1) is 5.02 Å². The molecule has 16 heavy (non-hydrogen) atoms. The second kappa shape index (κ2) is 6.52. The van der Waals surface area contributed by atoms with Gasteiger partial charge in [-0.1, -0.05) is 30.7 Å². The van der Waals surface area contributed by atoms with Crippen molar-refractivity contribution in [3.63, 3.8) is 0 Å². The first-order valence-corrected chi connectivity index (χ1v) is 5.69. The Kier molecular flexibility index (Phi) is 5.31. The van der Waals surface area contributed by atoms with Gasteiger partial charge in [0.1, 0.15) is 5.82 Å². The second-order valence-electron chi connectivity index (χ2n) is 3.50. The molecule has 0 aromatic heterocycles. The van der Waals surface area contributed by atoms with Gasteiger partial charge in [0.2, 0.25) is 0 Å². The summed E-state index contributed by atoms with van der Waals surface area (Å²) < 4.78 is 13.3. The molecule has 0 heterocycles. The molecule has 0 radical (unpaired) electrons. The van der Waals surface area contributed by atoms with Crippen LogP contribution >= 0.6 is 11.6 Å². The smallest absolute Gasteiger partial charge is 0.142 e. The molecule has 0 aliphatic heterocycles. The van der Waals surface area contributed by atoms with Crippen molar-refractivity contribution in [2.24, 2.45) is 0 Å². The molecule has 0 aliphatic carbocycles. The van der Waals surface area contributed by atoms with Gasteiger partial charge in [-0.05, 0) is 24.6 Å². The molecule has 86 valence electrons. The average Bonchev–Trinajstić information content (AvgIpc) is 2.28. The van der Waals surface area contributed by atoms with Gasteiger partial charge in [0.15, 0.2) is 0 Å². The van der Waals surface area contributed by atoms with Crippen LogP contribution < -0.4 is 5.32 Å². The third-order valence-electron chi connectivity index (χ3n) is 2.38. The summed E-state index contributed by atoms with van der Waals surface area (Å²) in [6.45, 7) is 2.79. The topological polar surface area (TPSA) is 12.0 Å². The van der Waals surface area contributed by atoms with Crippen LogP contribution in [0.2, 0.25) is 5.02 Å². The lowest BCUT2D eigenvalue weighted by molar-refractivity contribution is 0.518. The molecule has 0 aliphatic rings. The maximum atomic E-state index is 13.3. The molecule has 0 saturated carbocycles. The first-order chi connectivity index (χ1) is 7.70. The Hall–Kier alpha value is -1.04. The summed E-state index contributed by atoms with van der Waals surface area (Å²) in [5.41, 5.74) is 0.777. The lowest BCUT2D eigenvalue weighted by Gasteiger charge is -2.18. The monoisotopic (exact) mass is 239 g/mol. The van der Waals surface area contributed by atoms with Gasteiger partial charge in [-0.15, -0.1) is 12.3 Å². The van der Waals surface area contributed by atoms with E-state index in [-0.39, 0.29) is 16.9 Å². The summed E-state index contributed by atoms with van der Waals surface area (Å²) in [5, 5.41) is 3.44. The van der Waals surface area contributed by atoms with Crippen molar-refractivity contribution in [1.29, 1.82) is 0 Å². The first-order valence-electron chi connectivity index (χ1n) is 5.31. The number of hydrogen-bond donors (Lipinski definition) is 1. The van der Waals surface area contributed by atoms with E-state index in [1.165, 1.54) is 6.07 Å². The predicted molar refractivity (Wildman–Crippen MR) is 65.9 cm³/mol. The SMILES string of the molecule is C#CCCC(NCC)c1cccc(F)c1Cl. The zero-order valence-corrected chi connectivity index (χ0v) is 10.0. The number of rotatable bonds is 5. The normalized spacial score (nSPS) is 12.1. The van der Waals surface area contributed by atoms with Gasteiger partial charge in [0.25, 0.3) is 0 Å². The highest BCUT2D eigenvalue weighted by Gasteiger charge is 2.15. The van der Waals surface area contributed by atoms with Gasteiger partial charge in [-0.25, -0.2) is 4.39 Å². The fourth-order valence-corrected chi connectivity index (χ4v) is 1.89. The molecule has 3 heteroatoms. The summed E-state index contributed by atoms with van der Waals surface area (Å²) in [7, 11) is 0. The van der Waals surface area contributed by atoms with Gasteiger partial charge in [0, 0.05) is 12.5 Å². The lowest BCUT2D eigenvalue weighted by atomic mass is 10.0. The van der Waals surface area contributed by atoms with Crippen molar-refractivity contribution < 1.29 is 4.39 Å². The molecule has 1 aromatic carbocycles. The molecule has 1 rings (SSSR count). The second-order valence-corrected chi connectivity index (χ2v) is 3.87. The van der Waals surface area contributed by atoms with Crippen LogP contribution in [-0.2, 0) is 0 Å². The standard InChI is InChI=1S/C13H15ClFN/c1-3-5-9-12(16-4-2)10-7-6-8-11(15)13(10)14/h1,6-8,12,16H,4-5,9H2,2H3. The van der Waals surface area contributed by atoms with Crippen molar-refractivity contribution in [1.82, 2.24) is 5.32 Å². The van der Waals surface area contributed by atoms with Crippen molar-refractivity contribution in [2.45, 2.75) is 25.8 Å². The fourth-order valence-electron chi connectivity index (χ4n) is 1.63. The van der Waals surface area contributed by atoms with Crippen LogP contribution in [0.1, 0.15) is 31.4 Å². The quantitative estimate of drug-likeness (QED) is 0.775. The minimum atomic E-state index is -0.386. The third-order valence-corrected chi connectivity index (χ3v) is 2.78. The number of hydrogen-bond acceptors (Lipinski definition) is 1. The van der Waals surface area contributed by atoms with Crippen LogP contribution in [0.15, 0.2) is 18.2 Å². The number of benzene rings is 1. The summed E-state index contributed by atoms with van der Waals surface area (Å²) in [5.74, 6) is 2.20. The molecule has 1 atom stereocenters. The molecule has 1 unspecified atom stereocenters. The molecule has 1 nitrogen and oxygen atoms in total.